The van der Waals surface area contributed by atoms with Gasteiger partial charge in [-0.2, -0.15) is 0 Å². The molecule has 0 N–H and O–H groups in total. The molecule has 314 valence electrons. The standard InChI is InChI=1S/C61H48N2O2/c1-5-7-8-13-34-65-40-42-20-28-48(29-21-42)63-58-17-12-10-15-52(58)54-36-44(25-33-60(54)63)46-23-31-50-49-30-22-45(37-55(49)61(3,4)56(50)38-46)43-24-32-59-53(35-43)51-14-9-11-16-57(51)62(59)47-26-18-41(19-27-47)39-64-6-2/h9-12,14-33,35-38H,6,34,39-40H2,1-4H3. The third kappa shape index (κ3) is 7.00. The van der Waals surface area contributed by atoms with Gasteiger partial charge in [0.2, 0.25) is 0 Å². The molecular formula is C61H48N2O2. The summed E-state index contributed by atoms with van der Waals surface area (Å²) in [5.74, 6) is 11.3. The monoisotopic (exact) mass is 840 g/mol. The fourth-order valence-electron chi connectivity index (χ4n) is 10.0. The quantitative estimate of drug-likeness (QED) is 0.101. The highest BCUT2D eigenvalue weighted by molar-refractivity contribution is 6.11. The zero-order valence-corrected chi connectivity index (χ0v) is 37.2. The predicted molar refractivity (Wildman–Crippen MR) is 270 cm³/mol. The first-order valence-corrected chi connectivity index (χ1v) is 22.5. The third-order valence-corrected chi connectivity index (χ3v) is 13.3. The summed E-state index contributed by atoms with van der Waals surface area (Å²) in [6, 6.07) is 62.9. The number of aromatic nitrogens is 2. The Bertz CT molecular complexity index is 3600. The number of nitrogens with zero attached hydrogens (tertiary/aromatic N) is 2. The van der Waals surface area contributed by atoms with Gasteiger partial charge < -0.3 is 18.6 Å². The lowest BCUT2D eigenvalue weighted by atomic mass is 9.80. The third-order valence-electron chi connectivity index (χ3n) is 13.3. The molecule has 11 rings (SSSR count). The number of rotatable bonds is 10. The minimum absolute atomic E-state index is 0.181. The Labute approximate surface area is 380 Å². The van der Waals surface area contributed by atoms with Gasteiger partial charge in [-0.15, -0.1) is 0 Å². The summed E-state index contributed by atoms with van der Waals surface area (Å²) in [5.41, 5.74) is 19.4. The molecule has 0 atom stereocenters. The van der Waals surface area contributed by atoms with E-state index >= 15 is 0 Å². The molecule has 8 aromatic carbocycles. The summed E-state index contributed by atoms with van der Waals surface area (Å²) in [6.45, 7) is 10.8. The molecule has 0 aliphatic heterocycles. The van der Waals surface area contributed by atoms with E-state index in [2.05, 4.69) is 217 Å². The summed E-state index contributed by atoms with van der Waals surface area (Å²) >= 11 is 0. The summed E-state index contributed by atoms with van der Waals surface area (Å²) in [4.78, 5) is 0. The van der Waals surface area contributed by atoms with E-state index in [4.69, 9.17) is 9.47 Å². The summed E-state index contributed by atoms with van der Waals surface area (Å²) in [7, 11) is 0. The highest BCUT2D eigenvalue weighted by Gasteiger charge is 2.36. The van der Waals surface area contributed by atoms with E-state index in [0.29, 0.717) is 26.4 Å². The molecule has 1 aliphatic carbocycles. The Hall–Kier alpha value is -7.60. The average molecular weight is 841 g/mol. The van der Waals surface area contributed by atoms with Gasteiger partial charge in [-0.1, -0.05) is 123 Å². The fourth-order valence-corrected chi connectivity index (χ4v) is 10.0. The molecule has 0 amide bonds. The maximum Gasteiger partial charge on any atom is 0.109 e. The van der Waals surface area contributed by atoms with Crippen molar-refractivity contribution in [3.8, 4) is 68.4 Å². The highest BCUT2D eigenvalue weighted by atomic mass is 16.5. The van der Waals surface area contributed by atoms with Crippen LogP contribution in [-0.4, -0.2) is 22.3 Å². The van der Waals surface area contributed by atoms with Gasteiger partial charge in [-0.25, -0.2) is 0 Å². The Morgan fingerprint density at radius 2 is 0.908 bits per heavy atom. The number of benzene rings is 8. The van der Waals surface area contributed by atoms with Gasteiger partial charge in [-0.05, 0) is 154 Å². The van der Waals surface area contributed by atoms with Crippen molar-refractivity contribution >= 4 is 43.6 Å². The van der Waals surface area contributed by atoms with Crippen LogP contribution in [0.3, 0.4) is 0 Å². The number of fused-ring (bicyclic) bond motifs is 9. The number of ether oxygens (including phenoxy) is 2. The molecule has 4 heteroatoms. The van der Waals surface area contributed by atoms with Crippen LogP contribution in [0.5, 0.6) is 0 Å². The normalized spacial score (nSPS) is 12.6. The first-order valence-electron chi connectivity index (χ1n) is 22.5. The summed E-state index contributed by atoms with van der Waals surface area (Å²) in [5, 5.41) is 4.98. The van der Waals surface area contributed by atoms with Crippen LogP contribution < -0.4 is 0 Å². The first-order chi connectivity index (χ1) is 31.9. The Balaban J connectivity index is 0.904. The highest BCUT2D eigenvalue weighted by Crippen LogP contribution is 2.51. The van der Waals surface area contributed by atoms with Gasteiger partial charge in [0.25, 0.3) is 0 Å². The second-order valence-electron chi connectivity index (χ2n) is 17.5. The van der Waals surface area contributed by atoms with E-state index in [1.165, 1.54) is 93.7 Å². The molecule has 4 nitrogen and oxygen atoms in total. The molecule has 0 radical (unpaired) electrons. The Morgan fingerprint density at radius 3 is 1.40 bits per heavy atom. The number of para-hydroxylation sites is 2. The maximum absolute atomic E-state index is 5.77. The fraction of sp³-hybridized carbons (Fsp3) is 0.148. The molecule has 0 spiro atoms. The van der Waals surface area contributed by atoms with Gasteiger partial charge in [0, 0.05) is 44.9 Å². The van der Waals surface area contributed by atoms with Crippen molar-refractivity contribution in [1.29, 1.82) is 0 Å². The Morgan fingerprint density at radius 1 is 0.462 bits per heavy atom. The topological polar surface area (TPSA) is 28.3 Å². The molecule has 65 heavy (non-hydrogen) atoms. The molecular weight excluding hydrogens is 793 g/mol. The van der Waals surface area contributed by atoms with Gasteiger partial charge in [0.15, 0.2) is 0 Å². The molecule has 10 aromatic rings. The molecule has 0 bridgehead atoms. The lowest BCUT2D eigenvalue weighted by Crippen LogP contribution is -2.15. The summed E-state index contributed by atoms with van der Waals surface area (Å²) in [6.07, 6.45) is 0. The smallest absolute Gasteiger partial charge is 0.109 e. The molecule has 0 fully saturated rings. The second kappa shape index (κ2) is 16.5. The minimum atomic E-state index is -0.181. The number of hydrogen-bond acceptors (Lipinski definition) is 2. The van der Waals surface area contributed by atoms with Gasteiger partial charge in [-0.3, -0.25) is 0 Å². The van der Waals surface area contributed by atoms with Crippen molar-refractivity contribution in [1.82, 2.24) is 9.13 Å². The molecule has 2 aromatic heterocycles. The lowest BCUT2D eigenvalue weighted by Gasteiger charge is -2.22. The molecule has 0 saturated carbocycles. The van der Waals surface area contributed by atoms with Crippen LogP contribution in [0.25, 0.3) is 88.4 Å². The van der Waals surface area contributed by atoms with Crippen molar-refractivity contribution in [3.63, 3.8) is 0 Å². The van der Waals surface area contributed by atoms with E-state index in [1.54, 1.807) is 6.92 Å². The van der Waals surface area contributed by atoms with Gasteiger partial charge in [0.1, 0.15) is 6.61 Å². The molecule has 0 saturated heterocycles. The SMILES string of the molecule is CC#CC#CCOCc1ccc(-n2c3ccccc3c3cc(-c4ccc5c(c4)C(C)(C)c4cc(-c6ccc7c(c6)c6ccccc6n7-c6ccc(COCC)cc6)ccc4-5)ccc32)cc1. The van der Waals surface area contributed by atoms with Crippen LogP contribution in [0.4, 0.5) is 0 Å². The lowest BCUT2D eigenvalue weighted by molar-refractivity contribution is 0.134. The Kier molecular flexibility index (Phi) is 10.2. The zero-order chi connectivity index (χ0) is 44.1. The second-order valence-corrected chi connectivity index (χ2v) is 17.5. The summed E-state index contributed by atoms with van der Waals surface area (Å²) < 4.78 is 16.2. The van der Waals surface area contributed by atoms with E-state index in [-0.39, 0.29) is 5.41 Å². The van der Waals surface area contributed by atoms with Crippen molar-refractivity contribution in [3.05, 3.63) is 192 Å². The molecule has 0 unspecified atom stereocenters. The molecule has 1 aliphatic rings. The van der Waals surface area contributed by atoms with E-state index < -0.39 is 0 Å². The molecule has 2 heterocycles. The van der Waals surface area contributed by atoms with Crippen molar-refractivity contribution in [2.75, 3.05) is 13.2 Å². The minimum Gasteiger partial charge on any atom is -0.377 e. The van der Waals surface area contributed by atoms with Crippen LogP contribution >= 0.6 is 0 Å². The van der Waals surface area contributed by atoms with E-state index in [0.717, 1.165) is 16.9 Å². The van der Waals surface area contributed by atoms with Crippen LogP contribution in [0, 0.1) is 23.7 Å². The van der Waals surface area contributed by atoms with Crippen molar-refractivity contribution < 1.29 is 9.47 Å². The van der Waals surface area contributed by atoms with Gasteiger partial charge in [0.05, 0.1) is 35.3 Å². The van der Waals surface area contributed by atoms with Crippen LogP contribution in [0.15, 0.2) is 170 Å². The van der Waals surface area contributed by atoms with Crippen LogP contribution in [-0.2, 0) is 28.1 Å². The number of hydrogen-bond donors (Lipinski definition) is 0. The maximum atomic E-state index is 5.77. The van der Waals surface area contributed by atoms with E-state index in [1.807, 2.05) is 6.92 Å². The predicted octanol–water partition coefficient (Wildman–Crippen LogP) is 14.6. The average Bonchev–Trinajstić information content (AvgIpc) is 3.94. The van der Waals surface area contributed by atoms with Crippen molar-refractivity contribution in [2.24, 2.45) is 0 Å². The van der Waals surface area contributed by atoms with Gasteiger partial charge >= 0.3 is 0 Å². The van der Waals surface area contributed by atoms with Crippen LogP contribution in [0.2, 0.25) is 0 Å². The largest absolute Gasteiger partial charge is 0.377 e. The van der Waals surface area contributed by atoms with Crippen LogP contribution in [0.1, 0.15) is 49.9 Å². The van der Waals surface area contributed by atoms with Crippen molar-refractivity contribution in [2.45, 2.75) is 46.3 Å². The van der Waals surface area contributed by atoms with E-state index in [9.17, 15) is 0 Å². The zero-order valence-electron chi connectivity index (χ0n) is 37.2. The first kappa shape index (κ1) is 40.2.